The summed E-state index contributed by atoms with van der Waals surface area (Å²) >= 11 is 0. The molecule has 5 nitrogen and oxygen atoms in total. The van der Waals surface area contributed by atoms with E-state index in [9.17, 15) is 9.59 Å². The highest BCUT2D eigenvalue weighted by atomic mass is 16.5. The van der Waals surface area contributed by atoms with Crippen LogP contribution in [0.5, 0.6) is 5.75 Å². The Hall–Kier alpha value is -3.08. The number of rotatable bonds is 7. The number of benzene rings is 2. The van der Waals surface area contributed by atoms with E-state index in [1.807, 2.05) is 63.2 Å². The van der Waals surface area contributed by atoms with Crippen LogP contribution in [-0.4, -0.2) is 29.9 Å². The van der Waals surface area contributed by atoms with Gasteiger partial charge in [0, 0.05) is 12.2 Å². The Kier molecular flexibility index (Phi) is 5.83. The molecule has 3 rings (SSSR count). The molecule has 1 heterocycles. The topological polar surface area (TPSA) is 58.6 Å². The van der Waals surface area contributed by atoms with Gasteiger partial charge in [0.05, 0.1) is 12.2 Å². The second-order valence-electron chi connectivity index (χ2n) is 6.85. The predicted octanol–water partition coefficient (Wildman–Crippen LogP) is 4.30. The third kappa shape index (κ3) is 3.65. The molecule has 2 aromatic rings. The molecule has 0 saturated carbocycles. The summed E-state index contributed by atoms with van der Waals surface area (Å²) in [6.07, 6.45) is 0.926. The van der Waals surface area contributed by atoms with Gasteiger partial charge in [-0.15, -0.1) is 0 Å². The first-order chi connectivity index (χ1) is 13.5. The SMILES string of the molecule is CCCOc1ccc(C2=C(Nc3cccc(C)c3C)C(=O)N(CC)C2=O)cc1. The van der Waals surface area contributed by atoms with Crippen molar-refractivity contribution in [3.8, 4) is 5.75 Å². The Bertz CT molecular complexity index is 929. The van der Waals surface area contributed by atoms with Crippen LogP contribution in [0.3, 0.4) is 0 Å². The lowest BCUT2D eigenvalue weighted by Gasteiger charge is -2.14. The van der Waals surface area contributed by atoms with E-state index in [4.69, 9.17) is 4.74 Å². The standard InChI is InChI=1S/C23H26N2O3/c1-5-14-28-18-12-10-17(11-13-18)20-21(23(27)25(6-2)22(20)26)24-19-9-7-8-15(3)16(19)4/h7-13,24H,5-6,14H2,1-4H3. The van der Waals surface area contributed by atoms with Gasteiger partial charge in [-0.2, -0.15) is 0 Å². The summed E-state index contributed by atoms with van der Waals surface area (Å²) < 4.78 is 5.62. The van der Waals surface area contributed by atoms with Gasteiger partial charge in [-0.25, -0.2) is 0 Å². The molecule has 0 fully saturated rings. The third-order valence-electron chi connectivity index (χ3n) is 4.96. The number of imide groups is 1. The zero-order chi connectivity index (χ0) is 20.3. The normalized spacial score (nSPS) is 14.1. The van der Waals surface area contributed by atoms with Crippen LogP contribution in [0.1, 0.15) is 37.0 Å². The first-order valence-electron chi connectivity index (χ1n) is 9.64. The van der Waals surface area contributed by atoms with Crippen LogP contribution < -0.4 is 10.1 Å². The second-order valence-corrected chi connectivity index (χ2v) is 6.85. The molecule has 1 aliphatic heterocycles. The molecule has 28 heavy (non-hydrogen) atoms. The summed E-state index contributed by atoms with van der Waals surface area (Å²) in [5, 5.41) is 3.23. The molecule has 0 saturated heterocycles. The average molecular weight is 378 g/mol. The quantitative estimate of drug-likeness (QED) is 0.730. The van der Waals surface area contributed by atoms with Crippen molar-refractivity contribution in [2.24, 2.45) is 0 Å². The molecule has 0 aliphatic carbocycles. The van der Waals surface area contributed by atoms with Crippen molar-refractivity contribution < 1.29 is 14.3 Å². The lowest BCUT2D eigenvalue weighted by Crippen LogP contribution is -2.32. The van der Waals surface area contributed by atoms with Crippen molar-refractivity contribution in [1.29, 1.82) is 0 Å². The monoisotopic (exact) mass is 378 g/mol. The number of ether oxygens (including phenoxy) is 1. The number of carbonyl (C=O) groups is 2. The minimum Gasteiger partial charge on any atom is -0.494 e. The highest BCUT2D eigenvalue weighted by Crippen LogP contribution is 2.32. The minimum absolute atomic E-state index is 0.275. The van der Waals surface area contributed by atoms with Crippen LogP contribution in [0, 0.1) is 13.8 Å². The first-order valence-corrected chi connectivity index (χ1v) is 9.64. The lowest BCUT2D eigenvalue weighted by molar-refractivity contribution is -0.136. The number of likely N-dealkylation sites (N-methyl/N-ethyl adjacent to an activating group) is 1. The maximum atomic E-state index is 12.9. The van der Waals surface area contributed by atoms with Gasteiger partial charge in [0.25, 0.3) is 11.8 Å². The maximum Gasteiger partial charge on any atom is 0.278 e. The Morgan fingerprint density at radius 2 is 1.68 bits per heavy atom. The van der Waals surface area contributed by atoms with E-state index in [2.05, 4.69) is 5.32 Å². The molecule has 0 aromatic heterocycles. The largest absolute Gasteiger partial charge is 0.494 e. The van der Waals surface area contributed by atoms with Crippen molar-refractivity contribution in [2.75, 3.05) is 18.5 Å². The number of aryl methyl sites for hydroxylation is 1. The molecule has 2 aromatic carbocycles. The van der Waals surface area contributed by atoms with E-state index >= 15 is 0 Å². The van der Waals surface area contributed by atoms with Crippen LogP contribution >= 0.6 is 0 Å². The number of nitrogens with one attached hydrogen (secondary N) is 1. The second kappa shape index (κ2) is 8.30. The predicted molar refractivity (Wildman–Crippen MR) is 111 cm³/mol. The maximum absolute atomic E-state index is 12.9. The number of anilines is 1. The van der Waals surface area contributed by atoms with Crippen molar-refractivity contribution >= 4 is 23.1 Å². The smallest absolute Gasteiger partial charge is 0.278 e. The van der Waals surface area contributed by atoms with Gasteiger partial charge in [0.15, 0.2) is 0 Å². The summed E-state index contributed by atoms with van der Waals surface area (Å²) in [5.74, 6) is 0.177. The number of carbonyl (C=O) groups excluding carboxylic acids is 2. The van der Waals surface area contributed by atoms with Crippen LogP contribution in [0.4, 0.5) is 5.69 Å². The van der Waals surface area contributed by atoms with Crippen LogP contribution in [0.25, 0.3) is 5.57 Å². The molecule has 1 N–H and O–H groups in total. The number of hydrogen-bond donors (Lipinski definition) is 1. The van der Waals surface area contributed by atoms with Crippen LogP contribution in [0.2, 0.25) is 0 Å². The van der Waals surface area contributed by atoms with E-state index in [-0.39, 0.29) is 11.8 Å². The van der Waals surface area contributed by atoms with Gasteiger partial charge in [-0.05, 0) is 62.1 Å². The Morgan fingerprint density at radius 1 is 0.964 bits per heavy atom. The van der Waals surface area contributed by atoms with Crippen LogP contribution in [0.15, 0.2) is 48.2 Å². The van der Waals surface area contributed by atoms with E-state index in [1.54, 1.807) is 6.92 Å². The summed E-state index contributed by atoms with van der Waals surface area (Å²) in [5.41, 5.74) is 4.42. The number of amides is 2. The Balaban J connectivity index is 2.02. The summed E-state index contributed by atoms with van der Waals surface area (Å²) in [7, 11) is 0. The number of nitrogens with zero attached hydrogens (tertiary/aromatic N) is 1. The summed E-state index contributed by atoms with van der Waals surface area (Å²) in [6.45, 7) is 8.84. The van der Waals surface area contributed by atoms with Crippen LogP contribution in [-0.2, 0) is 9.59 Å². The Labute approximate surface area is 166 Å². The Morgan fingerprint density at radius 3 is 2.32 bits per heavy atom. The highest BCUT2D eigenvalue weighted by molar-refractivity contribution is 6.36. The van der Waals surface area contributed by atoms with E-state index < -0.39 is 0 Å². The van der Waals surface area contributed by atoms with Gasteiger partial charge in [0.1, 0.15) is 11.4 Å². The van der Waals surface area contributed by atoms with Gasteiger partial charge in [-0.1, -0.05) is 31.2 Å². The fourth-order valence-electron chi connectivity index (χ4n) is 3.21. The van der Waals surface area contributed by atoms with E-state index in [1.165, 1.54) is 4.90 Å². The van der Waals surface area contributed by atoms with Crippen molar-refractivity contribution in [2.45, 2.75) is 34.1 Å². The molecule has 0 atom stereocenters. The molecular formula is C23H26N2O3. The molecule has 146 valence electrons. The zero-order valence-electron chi connectivity index (χ0n) is 16.8. The summed E-state index contributed by atoms with van der Waals surface area (Å²) in [4.78, 5) is 27.1. The average Bonchev–Trinajstić information content (AvgIpc) is 2.93. The summed E-state index contributed by atoms with van der Waals surface area (Å²) in [6, 6.07) is 13.2. The van der Waals surface area contributed by atoms with Crippen molar-refractivity contribution in [3.63, 3.8) is 0 Å². The van der Waals surface area contributed by atoms with Crippen molar-refractivity contribution in [3.05, 3.63) is 64.9 Å². The molecule has 0 spiro atoms. The van der Waals surface area contributed by atoms with Gasteiger partial charge >= 0.3 is 0 Å². The molecule has 0 radical (unpaired) electrons. The molecule has 1 aliphatic rings. The van der Waals surface area contributed by atoms with Crippen molar-refractivity contribution in [1.82, 2.24) is 4.90 Å². The van der Waals surface area contributed by atoms with E-state index in [0.717, 1.165) is 29.0 Å². The lowest BCUT2D eigenvalue weighted by atomic mass is 10.0. The highest BCUT2D eigenvalue weighted by Gasteiger charge is 2.38. The number of hydrogen-bond acceptors (Lipinski definition) is 4. The van der Waals surface area contributed by atoms with Gasteiger partial charge < -0.3 is 10.1 Å². The fourth-order valence-corrected chi connectivity index (χ4v) is 3.21. The van der Waals surface area contributed by atoms with Gasteiger partial charge in [-0.3, -0.25) is 14.5 Å². The molecule has 0 unspecified atom stereocenters. The van der Waals surface area contributed by atoms with Gasteiger partial charge in [0.2, 0.25) is 0 Å². The minimum atomic E-state index is -0.297. The molecule has 2 amide bonds. The molecular weight excluding hydrogens is 352 g/mol. The third-order valence-corrected chi connectivity index (χ3v) is 4.96. The molecule has 0 bridgehead atoms. The van der Waals surface area contributed by atoms with E-state index in [0.29, 0.717) is 30.0 Å². The fraction of sp³-hybridized carbons (Fsp3) is 0.304. The molecule has 5 heteroatoms. The first kappa shape index (κ1) is 19.7. The zero-order valence-corrected chi connectivity index (χ0v) is 16.8.